The zero-order valence-electron chi connectivity index (χ0n) is 8.02. The van der Waals surface area contributed by atoms with Gasteiger partial charge in [-0.05, 0) is 19.4 Å². The van der Waals surface area contributed by atoms with Crippen LogP contribution in [0.2, 0.25) is 5.15 Å². The number of halogens is 1. The number of nitrogens with zero attached hydrogens (tertiary/aromatic N) is 3. The van der Waals surface area contributed by atoms with Gasteiger partial charge in [0.2, 0.25) is 5.15 Å². The maximum atomic E-state index is 10.6. The molecule has 0 spiro atoms. The summed E-state index contributed by atoms with van der Waals surface area (Å²) in [5.74, 6) is 0. The lowest BCUT2D eigenvalue weighted by Gasteiger charge is -2.23. The van der Waals surface area contributed by atoms with E-state index in [1.54, 1.807) is 0 Å². The van der Waals surface area contributed by atoms with Crippen LogP contribution in [0, 0.1) is 10.1 Å². The smallest absolute Gasteiger partial charge is 0.315 e. The van der Waals surface area contributed by atoms with Crippen molar-refractivity contribution in [2.75, 3.05) is 13.1 Å². The van der Waals surface area contributed by atoms with Gasteiger partial charge in [0, 0.05) is 6.54 Å². The Hall–Kier alpha value is -1.14. The summed E-state index contributed by atoms with van der Waals surface area (Å²) in [4.78, 5) is 10.1. The molecule has 82 valence electrons. The molecule has 1 aliphatic heterocycles. The molecule has 1 atom stereocenters. The van der Waals surface area contributed by atoms with Crippen molar-refractivity contribution in [3.63, 3.8) is 0 Å². The molecule has 15 heavy (non-hydrogen) atoms. The number of hydrogen-bond donors (Lipinski definition) is 1. The van der Waals surface area contributed by atoms with Crippen molar-refractivity contribution in [1.82, 2.24) is 15.1 Å². The highest BCUT2D eigenvalue weighted by Crippen LogP contribution is 2.28. The molecule has 0 bridgehead atoms. The SMILES string of the molecule is O=[N+]([O-])c1cnn([C@H]2CCCNC2)c1Cl. The summed E-state index contributed by atoms with van der Waals surface area (Å²) >= 11 is 5.88. The first-order chi connectivity index (χ1) is 7.20. The third-order valence-corrected chi connectivity index (χ3v) is 2.90. The molecule has 7 heteroatoms. The molecule has 1 aromatic heterocycles. The summed E-state index contributed by atoms with van der Waals surface area (Å²) in [6, 6.07) is 0.125. The van der Waals surface area contributed by atoms with E-state index in [9.17, 15) is 10.1 Å². The van der Waals surface area contributed by atoms with E-state index in [1.165, 1.54) is 10.9 Å². The molecule has 1 N–H and O–H groups in total. The lowest BCUT2D eigenvalue weighted by Crippen LogP contribution is -2.32. The fourth-order valence-corrected chi connectivity index (χ4v) is 2.06. The second kappa shape index (κ2) is 4.16. The maximum Gasteiger partial charge on any atom is 0.325 e. The number of hydrogen-bond acceptors (Lipinski definition) is 4. The molecular formula is C8H11ClN4O2. The topological polar surface area (TPSA) is 73.0 Å². The van der Waals surface area contributed by atoms with Gasteiger partial charge in [-0.3, -0.25) is 10.1 Å². The Balaban J connectivity index is 2.24. The first-order valence-electron chi connectivity index (χ1n) is 4.78. The number of piperidine rings is 1. The van der Waals surface area contributed by atoms with Gasteiger partial charge in [0.1, 0.15) is 6.20 Å². The molecule has 0 amide bonds. The van der Waals surface area contributed by atoms with Gasteiger partial charge >= 0.3 is 5.69 Å². The molecule has 2 rings (SSSR count). The van der Waals surface area contributed by atoms with Crippen LogP contribution in [0.3, 0.4) is 0 Å². The van der Waals surface area contributed by atoms with Crippen molar-refractivity contribution >= 4 is 17.3 Å². The molecular weight excluding hydrogens is 220 g/mol. The van der Waals surface area contributed by atoms with Crippen LogP contribution < -0.4 is 5.32 Å². The molecule has 0 radical (unpaired) electrons. The van der Waals surface area contributed by atoms with Crippen LogP contribution in [0.25, 0.3) is 0 Å². The summed E-state index contributed by atoms with van der Waals surface area (Å²) in [5.41, 5.74) is -0.123. The van der Waals surface area contributed by atoms with E-state index in [2.05, 4.69) is 10.4 Å². The Morgan fingerprint density at radius 1 is 1.73 bits per heavy atom. The summed E-state index contributed by atoms with van der Waals surface area (Å²) in [5, 5.41) is 17.9. The summed E-state index contributed by atoms with van der Waals surface area (Å²) in [6.07, 6.45) is 3.19. The first-order valence-corrected chi connectivity index (χ1v) is 5.16. The van der Waals surface area contributed by atoms with Gasteiger partial charge < -0.3 is 5.32 Å². The number of nitrogens with one attached hydrogen (secondary N) is 1. The Morgan fingerprint density at radius 2 is 2.53 bits per heavy atom. The van der Waals surface area contributed by atoms with Gasteiger partial charge in [-0.15, -0.1) is 0 Å². The molecule has 6 nitrogen and oxygen atoms in total. The third kappa shape index (κ3) is 1.95. The van der Waals surface area contributed by atoms with Gasteiger partial charge in [-0.2, -0.15) is 5.10 Å². The van der Waals surface area contributed by atoms with Crippen LogP contribution in [0.1, 0.15) is 18.9 Å². The fraction of sp³-hybridized carbons (Fsp3) is 0.625. The quantitative estimate of drug-likeness (QED) is 0.615. The van der Waals surface area contributed by atoms with Crippen LogP contribution in [-0.4, -0.2) is 27.8 Å². The van der Waals surface area contributed by atoms with Crippen LogP contribution in [-0.2, 0) is 0 Å². The van der Waals surface area contributed by atoms with Crippen molar-refractivity contribution < 1.29 is 4.92 Å². The average Bonchev–Trinajstić information content (AvgIpc) is 2.61. The Morgan fingerprint density at radius 3 is 3.07 bits per heavy atom. The number of rotatable bonds is 2. The fourth-order valence-electron chi connectivity index (χ4n) is 1.76. The maximum absolute atomic E-state index is 10.6. The van der Waals surface area contributed by atoms with E-state index in [-0.39, 0.29) is 16.9 Å². The second-order valence-corrected chi connectivity index (χ2v) is 3.88. The van der Waals surface area contributed by atoms with Crippen molar-refractivity contribution in [2.24, 2.45) is 0 Å². The largest absolute Gasteiger partial charge is 0.325 e. The van der Waals surface area contributed by atoms with E-state index in [1.807, 2.05) is 0 Å². The molecule has 0 aliphatic carbocycles. The van der Waals surface area contributed by atoms with E-state index in [0.717, 1.165) is 25.9 Å². The normalized spacial score (nSPS) is 21.5. The highest BCUT2D eigenvalue weighted by Gasteiger charge is 2.24. The van der Waals surface area contributed by atoms with E-state index >= 15 is 0 Å². The van der Waals surface area contributed by atoms with Crippen molar-refractivity contribution in [3.05, 3.63) is 21.5 Å². The van der Waals surface area contributed by atoms with E-state index in [4.69, 9.17) is 11.6 Å². The third-order valence-electron chi connectivity index (χ3n) is 2.53. The van der Waals surface area contributed by atoms with Crippen molar-refractivity contribution in [1.29, 1.82) is 0 Å². The monoisotopic (exact) mass is 230 g/mol. The second-order valence-electron chi connectivity index (χ2n) is 3.52. The van der Waals surface area contributed by atoms with Gasteiger partial charge in [0.05, 0.1) is 11.0 Å². The van der Waals surface area contributed by atoms with E-state index < -0.39 is 4.92 Å². The number of aromatic nitrogens is 2. The van der Waals surface area contributed by atoms with Gasteiger partial charge in [-0.25, -0.2) is 4.68 Å². The first kappa shape index (κ1) is 10.4. The molecule has 0 unspecified atom stereocenters. The van der Waals surface area contributed by atoms with Crippen LogP contribution in [0.5, 0.6) is 0 Å². The predicted molar refractivity (Wildman–Crippen MR) is 55.0 cm³/mol. The molecule has 1 aliphatic rings. The summed E-state index contributed by atoms with van der Waals surface area (Å²) in [7, 11) is 0. The number of nitro groups is 1. The summed E-state index contributed by atoms with van der Waals surface area (Å²) < 4.78 is 1.53. The Kier molecular flexibility index (Phi) is 2.88. The minimum atomic E-state index is -0.512. The van der Waals surface area contributed by atoms with Gasteiger partial charge in [-0.1, -0.05) is 11.6 Å². The Labute approximate surface area is 91.4 Å². The standard InChI is InChI=1S/C8H11ClN4O2/c9-8-7(13(14)15)5-11-12(8)6-2-1-3-10-4-6/h5-6,10H,1-4H2/t6-/m0/s1. The minimum absolute atomic E-state index is 0.119. The molecule has 1 aromatic rings. The molecule has 0 aromatic carbocycles. The molecule has 2 heterocycles. The zero-order valence-corrected chi connectivity index (χ0v) is 8.78. The lowest BCUT2D eigenvalue weighted by molar-refractivity contribution is -0.384. The Bertz CT molecular complexity index is 373. The van der Waals surface area contributed by atoms with Gasteiger partial charge in [0.15, 0.2) is 0 Å². The summed E-state index contributed by atoms with van der Waals surface area (Å²) in [6.45, 7) is 1.75. The highest BCUT2D eigenvalue weighted by atomic mass is 35.5. The predicted octanol–water partition coefficient (Wildman–Crippen LogP) is 1.37. The minimum Gasteiger partial charge on any atom is -0.315 e. The highest BCUT2D eigenvalue weighted by molar-refractivity contribution is 6.31. The lowest BCUT2D eigenvalue weighted by atomic mass is 10.1. The molecule has 1 fully saturated rings. The van der Waals surface area contributed by atoms with E-state index in [0.29, 0.717) is 0 Å². The zero-order chi connectivity index (χ0) is 10.8. The van der Waals surface area contributed by atoms with Crippen molar-refractivity contribution in [2.45, 2.75) is 18.9 Å². The average molecular weight is 231 g/mol. The van der Waals surface area contributed by atoms with Gasteiger partial charge in [0.25, 0.3) is 0 Å². The molecule has 0 saturated carbocycles. The van der Waals surface area contributed by atoms with Crippen LogP contribution in [0.15, 0.2) is 6.20 Å². The van der Waals surface area contributed by atoms with Crippen LogP contribution >= 0.6 is 11.6 Å². The van der Waals surface area contributed by atoms with Crippen LogP contribution in [0.4, 0.5) is 5.69 Å². The molecule has 1 saturated heterocycles. The van der Waals surface area contributed by atoms with Crippen molar-refractivity contribution in [3.8, 4) is 0 Å².